The maximum atomic E-state index is 14.1. The molecule has 0 N–H and O–H groups in total. The predicted molar refractivity (Wildman–Crippen MR) is 146 cm³/mol. The summed E-state index contributed by atoms with van der Waals surface area (Å²) in [7, 11) is 0. The van der Waals surface area contributed by atoms with Gasteiger partial charge < -0.3 is 14.2 Å². The molecule has 4 rings (SSSR count). The standard InChI is InChI=1S/C27H29N3O4S2/c1-5-32-20-14-19(15-21(33-6-2)25(20)34-7-3)26(31)30(17-18-10-9-13-28-16-18)27-29-24-22(35-4)11-8-12-23(24)36-27/h8-16H,5-7,17H2,1-4H3. The minimum Gasteiger partial charge on any atom is -0.490 e. The normalized spacial score (nSPS) is 10.9. The third-order valence-electron chi connectivity index (χ3n) is 5.29. The van der Waals surface area contributed by atoms with E-state index >= 15 is 0 Å². The average Bonchev–Trinajstić information content (AvgIpc) is 3.33. The molecule has 0 unspecified atom stereocenters. The summed E-state index contributed by atoms with van der Waals surface area (Å²) in [4.78, 5) is 26.0. The first-order chi connectivity index (χ1) is 17.6. The molecule has 0 atom stereocenters. The van der Waals surface area contributed by atoms with Crippen molar-refractivity contribution in [2.75, 3.05) is 31.0 Å². The van der Waals surface area contributed by atoms with E-state index in [4.69, 9.17) is 19.2 Å². The van der Waals surface area contributed by atoms with Gasteiger partial charge in [0.2, 0.25) is 5.75 Å². The number of thiazole rings is 1. The van der Waals surface area contributed by atoms with Crippen LogP contribution in [0.15, 0.2) is 59.8 Å². The van der Waals surface area contributed by atoms with Crippen molar-refractivity contribution in [3.05, 3.63) is 66.0 Å². The largest absolute Gasteiger partial charge is 0.490 e. The van der Waals surface area contributed by atoms with Crippen molar-refractivity contribution in [1.29, 1.82) is 0 Å². The van der Waals surface area contributed by atoms with E-state index in [9.17, 15) is 4.79 Å². The molecule has 7 nitrogen and oxygen atoms in total. The molecule has 36 heavy (non-hydrogen) atoms. The molecule has 2 heterocycles. The number of amides is 1. The van der Waals surface area contributed by atoms with Crippen LogP contribution < -0.4 is 19.1 Å². The number of pyridine rings is 1. The number of thioether (sulfide) groups is 1. The van der Waals surface area contributed by atoms with Crippen LogP contribution in [-0.4, -0.2) is 42.0 Å². The second kappa shape index (κ2) is 12.1. The highest BCUT2D eigenvalue weighted by Crippen LogP contribution is 2.41. The Morgan fingerprint density at radius 1 is 1.00 bits per heavy atom. The Labute approximate surface area is 219 Å². The molecule has 9 heteroatoms. The van der Waals surface area contributed by atoms with Crippen LogP contribution in [0.5, 0.6) is 17.2 Å². The van der Waals surface area contributed by atoms with Gasteiger partial charge >= 0.3 is 0 Å². The van der Waals surface area contributed by atoms with E-state index in [0.717, 1.165) is 20.7 Å². The summed E-state index contributed by atoms with van der Waals surface area (Å²) in [6.07, 6.45) is 5.50. The van der Waals surface area contributed by atoms with E-state index in [1.165, 1.54) is 11.3 Å². The maximum absolute atomic E-state index is 14.1. The van der Waals surface area contributed by atoms with Gasteiger partial charge in [0.25, 0.3) is 5.91 Å². The van der Waals surface area contributed by atoms with Gasteiger partial charge in [0.1, 0.15) is 0 Å². The molecule has 0 radical (unpaired) electrons. The van der Waals surface area contributed by atoms with E-state index in [-0.39, 0.29) is 5.91 Å². The highest BCUT2D eigenvalue weighted by Gasteiger charge is 2.26. The summed E-state index contributed by atoms with van der Waals surface area (Å²) < 4.78 is 18.5. The molecule has 0 saturated carbocycles. The van der Waals surface area contributed by atoms with Crippen LogP contribution in [0, 0.1) is 0 Å². The van der Waals surface area contributed by atoms with Crippen LogP contribution in [0.25, 0.3) is 10.2 Å². The molecule has 0 aliphatic heterocycles. The van der Waals surface area contributed by atoms with Gasteiger partial charge in [-0.25, -0.2) is 4.98 Å². The van der Waals surface area contributed by atoms with Crippen LogP contribution in [0.2, 0.25) is 0 Å². The molecule has 0 fully saturated rings. The zero-order valence-electron chi connectivity index (χ0n) is 20.8. The Kier molecular flexibility index (Phi) is 8.66. The quantitative estimate of drug-likeness (QED) is 0.209. The Balaban J connectivity index is 1.83. The summed E-state index contributed by atoms with van der Waals surface area (Å²) in [5, 5.41) is 0.616. The number of carbonyl (C=O) groups excluding carboxylic acids is 1. The summed E-state index contributed by atoms with van der Waals surface area (Å²) in [5.74, 6) is 1.24. The zero-order chi connectivity index (χ0) is 25.5. The first kappa shape index (κ1) is 25.8. The fourth-order valence-corrected chi connectivity index (χ4v) is 5.38. The maximum Gasteiger partial charge on any atom is 0.260 e. The highest BCUT2D eigenvalue weighted by molar-refractivity contribution is 7.98. The lowest BCUT2D eigenvalue weighted by Crippen LogP contribution is -2.30. The molecule has 4 aromatic rings. The number of para-hydroxylation sites is 1. The molecule has 0 aliphatic rings. The first-order valence-electron chi connectivity index (χ1n) is 11.8. The van der Waals surface area contributed by atoms with Crippen molar-refractivity contribution in [3.63, 3.8) is 0 Å². The van der Waals surface area contributed by atoms with Gasteiger partial charge in [-0.15, -0.1) is 11.8 Å². The summed E-state index contributed by atoms with van der Waals surface area (Å²) in [5.41, 5.74) is 2.22. The fourth-order valence-electron chi connectivity index (χ4n) is 3.76. The lowest BCUT2D eigenvalue weighted by molar-refractivity contribution is 0.0984. The van der Waals surface area contributed by atoms with Gasteiger partial charge in [-0.1, -0.05) is 23.5 Å². The lowest BCUT2D eigenvalue weighted by atomic mass is 10.1. The zero-order valence-corrected chi connectivity index (χ0v) is 22.4. The van der Waals surface area contributed by atoms with Crippen LogP contribution in [0.1, 0.15) is 36.7 Å². The summed E-state index contributed by atoms with van der Waals surface area (Å²) in [6, 6.07) is 13.3. The third kappa shape index (κ3) is 5.57. The number of aromatic nitrogens is 2. The van der Waals surface area contributed by atoms with Gasteiger partial charge in [0.15, 0.2) is 16.6 Å². The Morgan fingerprint density at radius 3 is 2.33 bits per heavy atom. The molecule has 0 saturated heterocycles. The molecule has 1 amide bonds. The second-order valence-corrected chi connectivity index (χ2v) is 9.51. The van der Waals surface area contributed by atoms with Crippen LogP contribution >= 0.6 is 23.1 Å². The molecule has 0 spiro atoms. The molecule has 2 aromatic heterocycles. The lowest BCUT2D eigenvalue weighted by Gasteiger charge is -2.22. The highest BCUT2D eigenvalue weighted by atomic mass is 32.2. The number of benzene rings is 2. The number of carbonyl (C=O) groups is 1. The fraction of sp³-hybridized carbons (Fsp3) is 0.296. The van der Waals surface area contributed by atoms with Crippen LogP contribution in [0.4, 0.5) is 5.13 Å². The predicted octanol–water partition coefficient (Wildman–Crippen LogP) is 6.46. The van der Waals surface area contributed by atoms with Gasteiger partial charge in [0.05, 0.1) is 36.6 Å². The number of ether oxygens (including phenoxy) is 3. The Hall–Kier alpha value is -3.30. The topological polar surface area (TPSA) is 73.8 Å². The van der Waals surface area contributed by atoms with E-state index in [0.29, 0.717) is 54.3 Å². The number of hydrogen-bond acceptors (Lipinski definition) is 8. The molecule has 2 aromatic carbocycles. The minimum absolute atomic E-state index is 0.214. The molecule has 0 aliphatic carbocycles. The van der Waals surface area contributed by atoms with Crippen molar-refractivity contribution in [3.8, 4) is 17.2 Å². The molecular formula is C27H29N3O4S2. The smallest absolute Gasteiger partial charge is 0.260 e. The molecule has 188 valence electrons. The first-order valence-corrected chi connectivity index (χ1v) is 13.8. The van der Waals surface area contributed by atoms with Crippen molar-refractivity contribution in [1.82, 2.24) is 9.97 Å². The second-order valence-electron chi connectivity index (χ2n) is 7.66. The number of rotatable bonds is 11. The van der Waals surface area contributed by atoms with Gasteiger partial charge in [-0.3, -0.25) is 14.7 Å². The van der Waals surface area contributed by atoms with Crippen molar-refractivity contribution in [2.45, 2.75) is 32.2 Å². The Bertz CT molecular complexity index is 1300. The molecular weight excluding hydrogens is 494 g/mol. The summed E-state index contributed by atoms with van der Waals surface area (Å²) >= 11 is 3.13. The van der Waals surface area contributed by atoms with Crippen molar-refractivity contribution < 1.29 is 19.0 Å². The van der Waals surface area contributed by atoms with Gasteiger partial charge in [-0.2, -0.15) is 0 Å². The van der Waals surface area contributed by atoms with E-state index in [1.807, 2.05) is 57.4 Å². The monoisotopic (exact) mass is 523 g/mol. The number of anilines is 1. The van der Waals surface area contributed by atoms with E-state index in [2.05, 4.69) is 4.98 Å². The number of hydrogen-bond donors (Lipinski definition) is 0. The van der Waals surface area contributed by atoms with Crippen molar-refractivity contribution >= 4 is 44.4 Å². The average molecular weight is 524 g/mol. The third-order valence-corrected chi connectivity index (χ3v) is 7.10. The summed E-state index contributed by atoms with van der Waals surface area (Å²) in [6.45, 7) is 7.31. The molecule has 0 bridgehead atoms. The van der Waals surface area contributed by atoms with Gasteiger partial charge in [0, 0.05) is 22.9 Å². The van der Waals surface area contributed by atoms with Crippen molar-refractivity contribution in [2.24, 2.45) is 0 Å². The van der Waals surface area contributed by atoms with E-state index < -0.39 is 0 Å². The van der Waals surface area contributed by atoms with Gasteiger partial charge in [-0.05, 0) is 62.9 Å². The van der Waals surface area contributed by atoms with Crippen LogP contribution in [-0.2, 0) is 6.54 Å². The van der Waals surface area contributed by atoms with Crippen LogP contribution in [0.3, 0.4) is 0 Å². The number of fused-ring (bicyclic) bond motifs is 1. The Morgan fingerprint density at radius 2 is 1.72 bits per heavy atom. The SMILES string of the molecule is CCOc1cc(C(=O)N(Cc2cccnc2)c2nc3c(SC)cccc3s2)cc(OCC)c1OCC. The van der Waals surface area contributed by atoms with E-state index in [1.54, 1.807) is 41.2 Å². The number of nitrogens with zero attached hydrogens (tertiary/aromatic N) is 3. The minimum atomic E-state index is -0.214.